The Labute approximate surface area is 130 Å². The number of benzene rings is 1. The highest BCUT2D eigenvalue weighted by Gasteiger charge is 2.22. The second-order valence-electron chi connectivity index (χ2n) is 5.71. The molecule has 1 saturated heterocycles. The van der Waals surface area contributed by atoms with Crippen LogP contribution >= 0.6 is 0 Å². The molecule has 2 heterocycles. The third-order valence-electron chi connectivity index (χ3n) is 4.26. The summed E-state index contributed by atoms with van der Waals surface area (Å²) in [7, 11) is 1.63. The summed E-state index contributed by atoms with van der Waals surface area (Å²) in [6, 6.07) is 3.71. The van der Waals surface area contributed by atoms with E-state index >= 15 is 0 Å². The van der Waals surface area contributed by atoms with E-state index in [1.165, 1.54) is 19.2 Å². The number of hydrogen-bond acceptors (Lipinski definition) is 6. The lowest BCUT2D eigenvalue weighted by molar-refractivity contribution is 0.127. The molecular formula is C16H22N4O2. The van der Waals surface area contributed by atoms with Crippen LogP contribution in [0.4, 0.5) is 5.82 Å². The normalized spacial score (nSPS) is 19.8. The molecule has 1 aliphatic rings. The largest absolute Gasteiger partial charge is 0.493 e. The van der Waals surface area contributed by atoms with Gasteiger partial charge in [-0.3, -0.25) is 0 Å². The number of hydrogen-bond donors (Lipinski definition) is 2. The average molecular weight is 302 g/mol. The summed E-state index contributed by atoms with van der Waals surface area (Å²) in [6.45, 7) is 4.19. The molecule has 22 heavy (non-hydrogen) atoms. The van der Waals surface area contributed by atoms with Crippen LogP contribution < -0.4 is 20.5 Å². The summed E-state index contributed by atoms with van der Waals surface area (Å²) in [5, 5.41) is 4.20. The van der Waals surface area contributed by atoms with E-state index in [0.717, 1.165) is 24.0 Å². The average Bonchev–Trinajstić information content (AvgIpc) is 2.55. The van der Waals surface area contributed by atoms with Gasteiger partial charge in [0.15, 0.2) is 11.5 Å². The highest BCUT2D eigenvalue weighted by molar-refractivity contribution is 5.90. The molecule has 2 aromatic rings. The Morgan fingerprint density at radius 3 is 2.91 bits per heavy atom. The molecule has 0 aliphatic carbocycles. The van der Waals surface area contributed by atoms with Gasteiger partial charge >= 0.3 is 0 Å². The molecule has 1 aromatic heterocycles. The number of nitrogens with two attached hydrogens (primary N) is 1. The molecule has 0 saturated carbocycles. The lowest BCUT2D eigenvalue weighted by Crippen LogP contribution is -2.37. The molecule has 1 aromatic carbocycles. The number of fused-ring (bicyclic) bond motifs is 1. The molecule has 0 bridgehead atoms. The maximum absolute atomic E-state index is 6.16. The fraction of sp³-hybridized carbons (Fsp3) is 0.500. The molecule has 118 valence electrons. The van der Waals surface area contributed by atoms with Crippen LogP contribution in [0.15, 0.2) is 18.5 Å². The van der Waals surface area contributed by atoms with Gasteiger partial charge in [-0.05, 0) is 32.4 Å². The predicted molar refractivity (Wildman–Crippen MR) is 86.2 cm³/mol. The van der Waals surface area contributed by atoms with E-state index < -0.39 is 0 Å². The van der Waals surface area contributed by atoms with E-state index in [2.05, 4.69) is 22.2 Å². The summed E-state index contributed by atoms with van der Waals surface area (Å²) in [6.07, 6.45) is 3.94. The predicted octanol–water partition coefficient (Wildman–Crippen LogP) is 1.99. The SMILES string of the molecule is COc1cc2c(N)ncnc2cc1OC(C)C1CCCNC1. The summed E-state index contributed by atoms with van der Waals surface area (Å²) < 4.78 is 11.6. The lowest BCUT2D eigenvalue weighted by atomic mass is 9.94. The van der Waals surface area contributed by atoms with Crippen LogP contribution in [-0.2, 0) is 0 Å². The van der Waals surface area contributed by atoms with Crippen molar-refractivity contribution in [1.29, 1.82) is 0 Å². The van der Waals surface area contributed by atoms with Crippen LogP contribution in [-0.4, -0.2) is 36.3 Å². The van der Waals surface area contributed by atoms with Crippen molar-refractivity contribution in [2.75, 3.05) is 25.9 Å². The molecule has 2 unspecified atom stereocenters. The molecular weight excluding hydrogens is 280 g/mol. The summed E-state index contributed by atoms with van der Waals surface area (Å²) in [5.41, 5.74) is 6.65. The van der Waals surface area contributed by atoms with E-state index in [9.17, 15) is 0 Å². The van der Waals surface area contributed by atoms with Crippen LogP contribution in [0.2, 0.25) is 0 Å². The van der Waals surface area contributed by atoms with Crippen LogP contribution in [0.5, 0.6) is 11.5 Å². The first-order valence-corrected chi connectivity index (χ1v) is 7.64. The molecule has 3 rings (SSSR count). The van der Waals surface area contributed by atoms with Gasteiger partial charge in [-0.25, -0.2) is 9.97 Å². The van der Waals surface area contributed by atoms with Gasteiger partial charge in [0.1, 0.15) is 18.2 Å². The lowest BCUT2D eigenvalue weighted by Gasteiger charge is -2.29. The fourth-order valence-electron chi connectivity index (χ4n) is 2.91. The first-order valence-electron chi connectivity index (χ1n) is 7.64. The summed E-state index contributed by atoms with van der Waals surface area (Å²) >= 11 is 0. The number of nitrogens with one attached hydrogen (secondary N) is 1. The standard InChI is InChI=1S/C16H22N4O2/c1-10(11-4-3-5-18-8-11)22-15-7-13-12(6-14(15)21-2)16(17)20-9-19-13/h6-7,9-11,18H,3-5,8H2,1-2H3,(H2,17,19,20). The van der Waals surface area contributed by atoms with Crippen molar-refractivity contribution >= 4 is 16.7 Å². The molecule has 1 aliphatic heterocycles. The smallest absolute Gasteiger partial charge is 0.163 e. The van der Waals surface area contributed by atoms with Crippen molar-refractivity contribution in [1.82, 2.24) is 15.3 Å². The quantitative estimate of drug-likeness (QED) is 0.899. The summed E-state index contributed by atoms with van der Waals surface area (Å²) in [4.78, 5) is 8.27. The minimum absolute atomic E-state index is 0.110. The van der Waals surface area contributed by atoms with E-state index in [0.29, 0.717) is 23.2 Å². The van der Waals surface area contributed by atoms with Gasteiger partial charge in [-0.1, -0.05) is 0 Å². The number of nitrogens with zero attached hydrogens (tertiary/aromatic N) is 2. The molecule has 1 fully saturated rings. The number of nitrogen functional groups attached to an aromatic ring is 1. The van der Waals surface area contributed by atoms with Crippen LogP contribution in [0, 0.1) is 5.92 Å². The first kappa shape index (κ1) is 14.8. The van der Waals surface area contributed by atoms with Gasteiger partial charge in [0.2, 0.25) is 0 Å². The van der Waals surface area contributed by atoms with Gasteiger partial charge in [0.25, 0.3) is 0 Å². The second-order valence-corrected chi connectivity index (χ2v) is 5.71. The molecule has 2 atom stereocenters. The topological polar surface area (TPSA) is 82.3 Å². The Bertz CT molecular complexity index is 656. The van der Waals surface area contributed by atoms with Crippen LogP contribution in [0.1, 0.15) is 19.8 Å². The monoisotopic (exact) mass is 302 g/mol. The third kappa shape index (κ3) is 2.92. The Hall–Kier alpha value is -2.08. The summed E-state index contributed by atoms with van der Waals surface area (Å²) in [5.74, 6) is 2.31. The Morgan fingerprint density at radius 1 is 1.32 bits per heavy atom. The first-order chi connectivity index (χ1) is 10.7. The number of ether oxygens (including phenoxy) is 2. The Morgan fingerprint density at radius 2 is 2.18 bits per heavy atom. The molecule has 3 N–H and O–H groups in total. The van der Waals surface area contributed by atoms with Gasteiger partial charge < -0.3 is 20.5 Å². The minimum atomic E-state index is 0.110. The zero-order valence-electron chi connectivity index (χ0n) is 13.0. The Balaban J connectivity index is 1.88. The zero-order chi connectivity index (χ0) is 15.5. The number of methoxy groups -OCH3 is 1. The third-order valence-corrected chi connectivity index (χ3v) is 4.26. The van der Waals surface area contributed by atoms with Crippen molar-refractivity contribution in [3.8, 4) is 11.5 Å². The Kier molecular flexibility index (Phi) is 4.29. The van der Waals surface area contributed by atoms with Gasteiger partial charge in [0.05, 0.1) is 12.6 Å². The fourth-order valence-corrected chi connectivity index (χ4v) is 2.91. The number of piperidine rings is 1. The van der Waals surface area contributed by atoms with Crippen LogP contribution in [0.25, 0.3) is 10.9 Å². The van der Waals surface area contributed by atoms with Crippen molar-refractivity contribution in [3.63, 3.8) is 0 Å². The van der Waals surface area contributed by atoms with E-state index in [1.807, 2.05) is 12.1 Å². The molecule has 0 spiro atoms. The molecule has 0 amide bonds. The van der Waals surface area contributed by atoms with E-state index in [-0.39, 0.29) is 6.10 Å². The number of rotatable bonds is 4. The van der Waals surface area contributed by atoms with Crippen molar-refractivity contribution in [2.24, 2.45) is 5.92 Å². The van der Waals surface area contributed by atoms with Gasteiger partial charge in [-0.15, -0.1) is 0 Å². The van der Waals surface area contributed by atoms with Gasteiger partial charge in [0, 0.05) is 23.9 Å². The zero-order valence-corrected chi connectivity index (χ0v) is 13.0. The maximum atomic E-state index is 6.16. The van der Waals surface area contributed by atoms with Crippen molar-refractivity contribution in [3.05, 3.63) is 18.5 Å². The molecule has 0 radical (unpaired) electrons. The highest BCUT2D eigenvalue weighted by Crippen LogP contribution is 2.34. The number of aromatic nitrogens is 2. The second kappa shape index (κ2) is 6.36. The molecule has 6 nitrogen and oxygen atoms in total. The maximum Gasteiger partial charge on any atom is 0.163 e. The van der Waals surface area contributed by atoms with E-state index in [4.69, 9.17) is 15.2 Å². The minimum Gasteiger partial charge on any atom is -0.493 e. The van der Waals surface area contributed by atoms with Gasteiger partial charge in [-0.2, -0.15) is 0 Å². The van der Waals surface area contributed by atoms with Crippen LogP contribution in [0.3, 0.4) is 0 Å². The highest BCUT2D eigenvalue weighted by atomic mass is 16.5. The van der Waals surface area contributed by atoms with Crippen molar-refractivity contribution in [2.45, 2.75) is 25.9 Å². The van der Waals surface area contributed by atoms with E-state index in [1.54, 1.807) is 7.11 Å². The van der Waals surface area contributed by atoms with Crippen molar-refractivity contribution < 1.29 is 9.47 Å². The molecule has 6 heteroatoms. The number of anilines is 1.